The van der Waals surface area contributed by atoms with E-state index in [1.54, 1.807) is 0 Å². The fourth-order valence-corrected chi connectivity index (χ4v) is 1.70. The van der Waals surface area contributed by atoms with E-state index in [4.69, 9.17) is 0 Å². The highest BCUT2D eigenvalue weighted by atomic mass is 35.5. The second-order valence-corrected chi connectivity index (χ2v) is 3.11. The normalized spacial score (nSPS) is 10.3. The summed E-state index contributed by atoms with van der Waals surface area (Å²) >= 11 is 0. The van der Waals surface area contributed by atoms with E-state index in [0.29, 0.717) is 0 Å². The van der Waals surface area contributed by atoms with E-state index >= 15 is 0 Å². The van der Waals surface area contributed by atoms with Crippen molar-refractivity contribution < 1.29 is 16.8 Å². The van der Waals surface area contributed by atoms with Gasteiger partial charge in [0.05, 0.1) is 0 Å². The number of benzene rings is 1. The minimum atomic E-state index is 0. The van der Waals surface area contributed by atoms with Gasteiger partial charge in [-0.25, -0.2) is 4.98 Å². The summed E-state index contributed by atoms with van der Waals surface area (Å²) in [7, 11) is 0. The number of H-pyrrole nitrogens is 1. The van der Waals surface area contributed by atoms with Gasteiger partial charge in [-0.2, -0.15) is 4.40 Å². The highest BCUT2D eigenvalue weighted by Crippen LogP contribution is 2.09. The Morgan fingerprint density at radius 3 is 2.79 bits per heavy atom. The SMILES string of the molecule is [Cl-].c1ccc2c(c1)ccc1[nH]cc[n+]12. The number of hydrogen-bond acceptors (Lipinski definition) is 0. The Hall–Kier alpha value is -1.54. The van der Waals surface area contributed by atoms with Crippen LogP contribution in [0.1, 0.15) is 0 Å². The first-order valence-electron chi connectivity index (χ1n) is 4.32. The molecule has 1 aromatic carbocycles. The number of fused-ring (bicyclic) bond motifs is 3. The lowest BCUT2D eigenvalue weighted by molar-refractivity contribution is -0.479. The number of para-hydroxylation sites is 1. The van der Waals surface area contributed by atoms with Crippen molar-refractivity contribution in [1.29, 1.82) is 0 Å². The first kappa shape index (κ1) is 9.03. The van der Waals surface area contributed by atoms with Crippen molar-refractivity contribution in [2.75, 3.05) is 0 Å². The molecule has 0 saturated heterocycles. The number of nitrogens with one attached hydrogen (secondary N) is 1. The van der Waals surface area contributed by atoms with Crippen LogP contribution in [0.2, 0.25) is 0 Å². The number of aromatic nitrogens is 2. The molecule has 0 saturated carbocycles. The third-order valence-electron chi connectivity index (χ3n) is 2.33. The van der Waals surface area contributed by atoms with Crippen molar-refractivity contribution in [3.05, 3.63) is 48.8 Å². The molecule has 70 valence electrons. The molecule has 14 heavy (non-hydrogen) atoms. The van der Waals surface area contributed by atoms with Gasteiger partial charge in [-0.05, 0) is 12.1 Å². The zero-order chi connectivity index (χ0) is 8.67. The van der Waals surface area contributed by atoms with Crippen LogP contribution in [0.15, 0.2) is 48.8 Å². The molecule has 2 heterocycles. The van der Waals surface area contributed by atoms with Gasteiger partial charge < -0.3 is 12.4 Å². The third-order valence-corrected chi connectivity index (χ3v) is 2.33. The predicted molar refractivity (Wildman–Crippen MR) is 51.5 cm³/mol. The van der Waals surface area contributed by atoms with Crippen molar-refractivity contribution in [1.82, 2.24) is 4.98 Å². The molecule has 3 aromatic rings. The summed E-state index contributed by atoms with van der Waals surface area (Å²) < 4.78 is 2.15. The van der Waals surface area contributed by atoms with Crippen molar-refractivity contribution in [2.24, 2.45) is 0 Å². The molecule has 3 heteroatoms. The van der Waals surface area contributed by atoms with Crippen LogP contribution in [0, 0.1) is 0 Å². The molecule has 3 rings (SSSR count). The maximum Gasteiger partial charge on any atom is 0.284 e. The molecule has 1 N–H and O–H groups in total. The fourth-order valence-electron chi connectivity index (χ4n) is 1.70. The maximum atomic E-state index is 3.17. The lowest BCUT2D eigenvalue weighted by atomic mass is 10.2. The van der Waals surface area contributed by atoms with E-state index in [0.717, 1.165) is 5.65 Å². The van der Waals surface area contributed by atoms with E-state index < -0.39 is 0 Å². The Morgan fingerprint density at radius 1 is 1.00 bits per heavy atom. The summed E-state index contributed by atoms with van der Waals surface area (Å²) in [5.74, 6) is 0. The Morgan fingerprint density at radius 2 is 1.86 bits per heavy atom. The van der Waals surface area contributed by atoms with Crippen LogP contribution in [-0.4, -0.2) is 4.98 Å². The molecule has 0 amide bonds. The Bertz CT molecular complexity index is 571. The van der Waals surface area contributed by atoms with Crippen LogP contribution >= 0.6 is 0 Å². The van der Waals surface area contributed by atoms with E-state index in [1.807, 2.05) is 12.4 Å². The van der Waals surface area contributed by atoms with Gasteiger partial charge in [0.2, 0.25) is 0 Å². The van der Waals surface area contributed by atoms with E-state index in [-0.39, 0.29) is 12.4 Å². The van der Waals surface area contributed by atoms with Crippen molar-refractivity contribution >= 4 is 16.6 Å². The van der Waals surface area contributed by atoms with E-state index in [9.17, 15) is 0 Å². The molecule has 0 atom stereocenters. The van der Waals surface area contributed by atoms with Crippen molar-refractivity contribution in [3.8, 4) is 0 Å². The molecule has 0 aliphatic heterocycles. The molecule has 0 spiro atoms. The van der Waals surface area contributed by atoms with E-state index in [2.05, 4.69) is 45.8 Å². The quantitative estimate of drug-likeness (QED) is 0.450. The molecule has 2 aromatic heterocycles. The van der Waals surface area contributed by atoms with Crippen molar-refractivity contribution in [2.45, 2.75) is 0 Å². The molecule has 0 unspecified atom stereocenters. The monoisotopic (exact) mass is 204 g/mol. The first-order valence-corrected chi connectivity index (χ1v) is 4.32. The lowest BCUT2D eigenvalue weighted by Gasteiger charge is -1.93. The fraction of sp³-hybridized carbons (Fsp3) is 0. The second kappa shape index (κ2) is 3.31. The van der Waals surface area contributed by atoms with E-state index in [1.165, 1.54) is 10.9 Å². The molecule has 0 bridgehead atoms. The van der Waals surface area contributed by atoms with Gasteiger partial charge in [-0.1, -0.05) is 18.2 Å². The Labute approximate surface area is 87.6 Å². The molecular weight excluding hydrogens is 196 g/mol. The number of hydrogen-bond donors (Lipinski definition) is 1. The van der Waals surface area contributed by atoms with Crippen LogP contribution in [0.5, 0.6) is 0 Å². The largest absolute Gasteiger partial charge is 1.00 e. The summed E-state index contributed by atoms with van der Waals surface area (Å²) in [6, 6.07) is 12.6. The lowest BCUT2D eigenvalue weighted by Crippen LogP contribution is -3.00. The summed E-state index contributed by atoms with van der Waals surface area (Å²) in [4.78, 5) is 3.17. The third kappa shape index (κ3) is 1.16. The Kier molecular flexibility index (Phi) is 2.14. The van der Waals surface area contributed by atoms with Crippen LogP contribution in [0.25, 0.3) is 16.6 Å². The van der Waals surface area contributed by atoms with Gasteiger partial charge in [0, 0.05) is 11.5 Å². The van der Waals surface area contributed by atoms with Crippen LogP contribution in [0.4, 0.5) is 0 Å². The molecule has 0 radical (unpaired) electrons. The number of pyridine rings is 1. The molecule has 2 nitrogen and oxygen atoms in total. The average molecular weight is 205 g/mol. The first-order chi connectivity index (χ1) is 6.45. The van der Waals surface area contributed by atoms with Gasteiger partial charge in [0.1, 0.15) is 17.9 Å². The Balaban J connectivity index is 0.000000750. The summed E-state index contributed by atoms with van der Waals surface area (Å²) in [6.45, 7) is 0. The van der Waals surface area contributed by atoms with Gasteiger partial charge in [-0.3, -0.25) is 0 Å². The zero-order valence-electron chi connectivity index (χ0n) is 7.44. The van der Waals surface area contributed by atoms with Gasteiger partial charge in [-0.15, -0.1) is 0 Å². The number of imidazole rings is 1. The van der Waals surface area contributed by atoms with Gasteiger partial charge in [0.25, 0.3) is 5.65 Å². The minimum absolute atomic E-state index is 0. The predicted octanol–water partition coefficient (Wildman–Crippen LogP) is -1.09. The molecule has 0 aliphatic rings. The van der Waals surface area contributed by atoms with Crippen LogP contribution < -0.4 is 16.8 Å². The number of aromatic amines is 1. The smallest absolute Gasteiger partial charge is 0.284 e. The summed E-state index contributed by atoms with van der Waals surface area (Å²) in [5, 5.41) is 1.26. The number of nitrogens with zero attached hydrogens (tertiary/aromatic N) is 1. The molecule has 0 fully saturated rings. The highest BCUT2D eigenvalue weighted by Gasteiger charge is 2.04. The number of halogens is 1. The standard InChI is InChI=1S/C11H8N2.ClH/c1-2-4-10-9(3-1)5-6-11-12-7-8-13(10)11;/h1-8H;1H. The average Bonchev–Trinajstić information content (AvgIpc) is 2.65. The maximum absolute atomic E-state index is 3.17. The summed E-state index contributed by atoms with van der Waals surface area (Å²) in [5.41, 5.74) is 2.36. The highest BCUT2D eigenvalue weighted by molar-refractivity contribution is 5.76. The number of rotatable bonds is 0. The summed E-state index contributed by atoms with van der Waals surface area (Å²) in [6.07, 6.45) is 3.99. The molecular formula is C11H9ClN2. The zero-order valence-corrected chi connectivity index (χ0v) is 8.20. The van der Waals surface area contributed by atoms with Crippen LogP contribution in [0.3, 0.4) is 0 Å². The minimum Gasteiger partial charge on any atom is -1.00 e. The topological polar surface area (TPSA) is 19.9 Å². The van der Waals surface area contributed by atoms with Crippen molar-refractivity contribution in [3.63, 3.8) is 0 Å². The van der Waals surface area contributed by atoms with Gasteiger partial charge in [0.15, 0.2) is 0 Å². The molecule has 0 aliphatic carbocycles. The van der Waals surface area contributed by atoms with Gasteiger partial charge >= 0.3 is 0 Å². The second-order valence-electron chi connectivity index (χ2n) is 3.11. The van der Waals surface area contributed by atoms with Crippen LogP contribution in [-0.2, 0) is 0 Å².